The fourth-order valence-electron chi connectivity index (χ4n) is 0.989. The van der Waals surface area contributed by atoms with E-state index in [9.17, 15) is 9.59 Å². The van der Waals surface area contributed by atoms with Crippen molar-refractivity contribution in [2.75, 3.05) is 0 Å². The van der Waals surface area contributed by atoms with Crippen molar-refractivity contribution in [3.05, 3.63) is 23.7 Å². The van der Waals surface area contributed by atoms with Gasteiger partial charge in [-0.2, -0.15) is 0 Å². The van der Waals surface area contributed by atoms with Gasteiger partial charge in [0.05, 0.1) is 24.4 Å². The molecule has 0 radical (unpaired) electrons. The van der Waals surface area contributed by atoms with Crippen molar-refractivity contribution in [1.29, 1.82) is 0 Å². The molecule has 0 unspecified atom stereocenters. The molecular weight excluding hydrogens is 232 g/mol. The molecule has 0 aliphatic heterocycles. The van der Waals surface area contributed by atoms with Gasteiger partial charge in [0.2, 0.25) is 0 Å². The Labute approximate surface area is 109 Å². The van der Waals surface area contributed by atoms with Gasteiger partial charge in [-0.05, 0) is 52.7 Å². The third-order valence-electron chi connectivity index (χ3n) is 1.97. The van der Waals surface area contributed by atoms with Gasteiger partial charge in [0.1, 0.15) is 0 Å². The number of ether oxygens (including phenoxy) is 2. The Morgan fingerprint density at radius 2 is 1.39 bits per heavy atom. The van der Waals surface area contributed by atoms with Crippen LogP contribution in [0.1, 0.15) is 48.0 Å². The average Bonchev–Trinajstić information content (AvgIpc) is 2.22. The van der Waals surface area contributed by atoms with Gasteiger partial charge in [-0.3, -0.25) is 9.59 Å². The highest BCUT2D eigenvalue weighted by atomic mass is 16.5. The van der Waals surface area contributed by atoms with Gasteiger partial charge in [-0.25, -0.2) is 0 Å². The Morgan fingerprint density at radius 1 is 0.944 bits per heavy atom. The summed E-state index contributed by atoms with van der Waals surface area (Å²) in [4.78, 5) is 23.3. The minimum absolute atomic E-state index is 0.0216. The Morgan fingerprint density at radius 3 is 1.83 bits per heavy atom. The molecular formula is C14H22O4. The molecule has 0 aliphatic rings. The maximum absolute atomic E-state index is 11.8. The first-order valence-electron chi connectivity index (χ1n) is 5.82. The summed E-state index contributed by atoms with van der Waals surface area (Å²) in [5, 5.41) is 0. The summed E-state index contributed by atoms with van der Waals surface area (Å²) in [6.07, 6.45) is 2.73. The van der Waals surface area contributed by atoms with Crippen molar-refractivity contribution in [2.24, 2.45) is 5.41 Å². The minimum Gasteiger partial charge on any atom is -0.435 e. The van der Waals surface area contributed by atoms with Crippen LogP contribution in [0.4, 0.5) is 0 Å². The van der Waals surface area contributed by atoms with E-state index in [1.54, 1.807) is 13.8 Å². The Hall–Kier alpha value is -1.58. The van der Waals surface area contributed by atoms with Crippen LogP contribution in [0.2, 0.25) is 0 Å². The van der Waals surface area contributed by atoms with Gasteiger partial charge in [-0.1, -0.05) is 0 Å². The first-order chi connectivity index (χ1) is 8.15. The maximum Gasteiger partial charge on any atom is 0.316 e. The second kappa shape index (κ2) is 6.99. The third-order valence-corrected chi connectivity index (χ3v) is 1.97. The number of hydrogen-bond acceptors (Lipinski definition) is 4. The summed E-state index contributed by atoms with van der Waals surface area (Å²) in [7, 11) is 0. The number of carbonyl (C=O) groups is 2. The smallest absolute Gasteiger partial charge is 0.316 e. The van der Waals surface area contributed by atoms with Crippen LogP contribution < -0.4 is 0 Å². The molecule has 0 aromatic heterocycles. The van der Waals surface area contributed by atoms with Gasteiger partial charge in [-0.15, -0.1) is 0 Å². The zero-order valence-corrected chi connectivity index (χ0v) is 12.0. The SMILES string of the molecule is CC(C)=COC(=O)CC(C)(C)C(=O)OC=C(C)C. The Bertz CT molecular complexity index is 367. The molecule has 18 heavy (non-hydrogen) atoms. The maximum atomic E-state index is 11.8. The van der Waals surface area contributed by atoms with Crippen LogP contribution in [0, 0.1) is 5.41 Å². The van der Waals surface area contributed by atoms with Crippen LogP contribution >= 0.6 is 0 Å². The van der Waals surface area contributed by atoms with Gasteiger partial charge in [0.15, 0.2) is 0 Å². The van der Waals surface area contributed by atoms with Crippen LogP contribution in [-0.4, -0.2) is 11.9 Å². The van der Waals surface area contributed by atoms with E-state index in [2.05, 4.69) is 0 Å². The number of esters is 2. The molecule has 0 N–H and O–H groups in total. The van der Waals surface area contributed by atoms with E-state index in [0.29, 0.717) is 0 Å². The molecule has 0 atom stereocenters. The summed E-state index contributed by atoms with van der Waals surface area (Å²) in [5.41, 5.74) is 0.859. The second-order valence-corrected chi connectivity index (χ2v) is 5.35. The van der Waals surface area contributed by atoms with Crippen molar-refractivity contribution in [1.82, 2.24) is 0 Å². The van der Waals surface area contributed by atoms with E-state index >= 15 is 0 Å². The lowest BCUT2D eigenvalue weighted by Crippen LogP contribution is -2.28. The van der Waals surface area contributed by atoms with Crippen LogP contribution in [0.25, 0.3) is 0 Å². The topological polar surface area (TPSA) is 52.6 Å². The van der Waals surface area contributed by atoms with E-state index in [-0.39, 0.29) is 6.42 Å². The number of rotatable bonds is 5. The first kappa shape index (κ1) is 16.4. The summed E-state index contributed by atoms with van der Waals surface area (Å²) in [6, 6.07) is 0. The van der Waals surface area contributed by atoms with E-state index in [1.165, 1.54) is 12.5 Å². The third kappa shape index (κ3) is 6.89. The lowest BCUT2D eigenvalue weighted by Gasteiger charge is -2.19. The summed E-state index contributed by atoms with van der Waals surface area (Å²) in [6.45, 7) is 10.6. The number of allylic oxidation sites excluding steroid dienone is 2. The lowest BCUT2D eigenvalue weighted by molar-refractivity contribution is -0.154. The highest BCUT2D eigenvalue weighted by molar-refractivity contribution is 5.83. The van der Waals surface area contributed by atoms with Gasteiger partial charge >= 0.3 is 11.9 Å². The fraction of sp³-hybridized carbons (Fsp3) is 0.571. The molecule has 0 heterocycles. The predicted molar refractivity (Wildman–Crippen MR) is 69.4 cm³/mol. The molecule has 0 spiro atoms. The predicted octanol–water partition coefficient (Wildman–Crippen LogP) is 3.34. The summed E-state index contributed by atoms with van der Waals surface area (Å²) in [5.74, 6) is -0.895. The second-order valence-electron chi connectivity index (χ2n) is 5.35. The molecule has 0 amide bonds. The molecule has 0 saturated heterocycles. The molecule has 102 valence electrons. The Balaban J connectivity index is 4.46. The molecule has 4 heteroatoms. The molecule has 0 aromatic carbocycles. The number of hydrogen-bond donors (Lipinski definition) is 0. The van der Waals surface area contributed by atoms with Gasteiger partial charge < -0.3 is 9.47 Å². The average molecular weight is 254 g/mol. The van der Waals surface area contributed by atoms with Crippen molar-refractivity contribution >= 4 is 11.9 Å². The van der Waals surface area contributed by atoms with E-state index in [0.717, 1.165) is 11.1 Å². The van der Waals surface area contributed by atoms with Gasteiger partial charge in [0.25, 0.3) is 0 Å². The quantitative estimate of drug-likeness (QED) is 0.557. The standard InChI is InChI=1S/C14H22O4/c1-10(2)8-17-12(15)7-14(5,6)13(16)18-9-11(3)4/h8-9H,7H2,1-6H3. The molecule has 0 aromatic rings. The van der Waals surface area contributed by atoms with E-state index in [1.807, 2.05) is 27.7 Å². The molecule has 0 rings (SSSR count). The van der Waals surface area contributed by atoms with Crippen molar-refractivity contribution in [3.63, 3.8) is 0 Å². The monoisotopic (exact) mass is 254 g/mol. The van der Waals surface area contributed by atoms with Crippen LogP contribution in [0.5, 0.6) is 0 Å². The summed E-state index contributed by atoms with van der Waals surface area (Å²) >= 11 is 0. The summed E-state index contributed by atoms with van der Waals surface area (Å²) < 4.78 is 9.86. The van der Waals surface area contributed by atoms with Crippen LogP contribution in [-0.2, 0) is 19.1 Å². The normalized spacial score (nSPS) is 10.3. The molecule has 0 aliphatic carbocycles. The zero-order chi connectivity index (χ0) is 14.3. The number of carbonyl (C=O) groups excluding carboxylic acids is 2. The highest BCUT2D eigenvalue weighted by Crippen LogP contribution is 2.23. The first-order valence-corrected chi connectivity index (χ1v) is 5.82. The molecule has 4 nitrogen and oxygen atoms in total. The van der Waals surface area contributed by atoms with Crippen LogP contribution in [0.15, 0.2) is 23.7 Å². The fourth-order valence-corrected chi connectivity index (χ4v) is 0.989. The minimum atomic E-state index is -0.904. The zero-order valence-electron chi connectivity index (χ0n) is 12.0. The van der Waals surface area contributed by atoms with Crippen molar-refractivity contribution in [3.8, 4) is 0 Å². The largest absolute Gasteiger partial charge is 0.435 e. The lowest BCUT2D eigenvalue weighted by atomic mass is 9.89. The highest BCUT2D eigenvalue weighted by Gasteiger charge is 2.32. The van der Waals surface area contributed by atoms with E-state index in [4.69, 9.17) is 9.47 Å². The van der Waals surface area contributed by atoms with E-state index < -0.39 is 17.4 Å². The van der Waals surface area contributed by atoms with Crippen molar-refractivity contribution < 1.29 is 19.1 Å². The Kier molecular flexibility index (Phi) is 6.37. The van der Waals surface area contributed by atoms with Crippen molar-refractivity contribution in [2.45, 2.75) is 48.0 Å². The molecule has 0 fully saturated rings. The van der Waals surface area contributed by atoms with Gasteiger partial charge in [0, 0.05) is 0 Å². The molecule has 0 bridgehead atoms. The molecule has 0 saturated carbocycles. The van der Waals surface area contributed by atoms with Crippen LogP contribution in [0.3, 0.4) is 0 Å².